The normalized spacial score (nSPS) is 23.3. The number of benzene rings is 1. The molecule has 9 nitrogen and oxygen atoms in total. The number of sulfonamides is 1. The van der Waals surface area contributed by atoms with Gasteiger partial charge < -0.3 is 5.32 Å². The van der Waals surface area contributed by atoms with Gasteiger partial charge in [0.2, 0.25) is 15.9 Å². The Morgan fingerprint density at radius 2 is 1.88 bits per heavy atom. The fourth-order valence-electron chi connectivity index (χ4n) is 3.57. The molecule has 2 saturated heterocycles. The Morgan fingerprint density at radius 3 is 2.41 bits per heavy atom. The Morgan fingerprint density at radius 1 is 1.25 bits per heavy atom. The average Bonchev–Trinajstić information content (AvgIpc) is 2.96. The Balaban J connectivity index is 1.64. The number of halogens is 3. The van der Waals surface area contributed by atoms with Gasteiger partial charge in [-0.15, -0.1) is 0 Å². The van der Waals surface area contributed by atoms with E-state index in [4.69, 9.17) is 0 Å². The molecule has 0 bridgehead atoms. The fraction of sp³-hybridized carbons (Fsp3) is 0.526. The van der Waals surface area contributed by atoms with Crippen molar-refractivity contribution in [2.75, 3.05) is 13.1 Å². The molecule has 13 heteroatoms. The van der Waals surface area contributed by atoms with Crippen LogP contribution in [0.2, 0.25) is 0 Å². The fourth-order valence-corrected chi connectivity index (χ4v) is 5.08. The van der Waals surface area contributed by atoms with Crippen LogP contribution in [-0.4, -0.2) is 54.2 Å². The van der Waals surface area contributed by atoms with Gasteiger partial charge in [-0.2, -0.15) is 22.5 Å². The van der Waals surface area contributed by atoms with E-state index < -0.39 is 56.0 Å². The molecule has 2 aliphatic rings. The number of hydrogen-bond acceptors (Lipinski definition) is 5. The average molecular weight is 476 g/mol. The molecule has 2 aliphatic heterocycles. The van der Waals surface area contributed by atoms with Crippen molar-refractivity contribution in [3.63, 3.8) is 0 Å². The third-order valence-electron chi connectivity index (χ3n) is 5.81. The molecule has 1 aromatic carbocycles. The summed E-state index contributed by atoms with van der Waals surface area (Å²) in [5.74, 6) is -1.87. The van der Waals surface area contributed by atoms with E-state index in [2.05, 4.69) is 10.7 Å². The standard InChI is InChI=1S/C19H23F3N4O5S/c1-3-18(2)16(28)26(17(29)23-18)24-15(27)12-7-9-25(10-8-12)32(30,31)14-6-4-5-13(11-14)19(20,21)22/h4-6,11-12H,3,7-10H2,1-2H3,(H,23,29)(H,24,27)/t18-/m0/s1. The number of nitrogens with zero attached hydrogens (tertiary/aromatic N) is 2. The van der Waals surface area contributed by atoms with Crippen molar-refractivity contribution in [3.8, 4) is 0 Å². The van der Waals surface area contributed by atoms with Gasteiger partial charge in [-0.25, -0.2) is 13.2 Å². The van der Waals surface area contributed by atoms with E-state index >= 15 is 0 Å². The molecule has 0 aliphatic carbocycles. The molecular weight excluding hydrogens is 453 g/mol. The molecule has 2 fully saturated rings. The van der Waals surface area contributed by atoms with Crippen LogP contribution in [-0.2, 0) is 25.8 Å². The van der Waals surface area contributed by atoms with Crippen molar-refractivity contribution in [3.05, 3.63) is 29.8 Å². The number of carbonyl (C=O) groups excluding carboxylic acids is 3. The number of hydrazine groups is 1. The van der Waals surface area contributed by atoms with Crippen LogP contribution in [0.3, 0.4) is 0 Å². The zero-order valence-corrected chi connectivity index (χ0v) is 18.2. The van der Waals surface area contributed by atoms with Crippen molar-refractivity contribution in [1.82, 2.24) is 20.1 Å². The quantitative estimate of drug-likeness (QED) is 0.630. The first-order valence-corrected chi connectivity index (χ1v) is 11.4. The topological polar surface area (TPSA) is 116 Å². The zero-order valence-electron chi connectivity index (χ0n) is 17.4. The molecule has 0 saturated carbocycles. The second-order valence-electron chi connectivity index (χ2n) is 7.94. The Labute approximate surface area is 182 Å². The number of amides is 4. The molecule has 0 radical (unpaired) electrons. The van der Waals surface area contributed by atoms with Crippen LogP contribution in [0.15, 0.2) is 29.2 Å². The molecule has 1 aromatic rings. The van der Waals surface area contributed by atoms with Gasteiger partial charge in [0.05, 0.1) is 10.5 Å². The lowest BCUT2D eigenvalue weighted by molar-refractivity contribution is -0.140. The summed E-state index contributed by atoms with van der Waals surface area (Å²) in [4.78, 5) is 36.5. The van der Waals surface area contributed by atoms with Gasteiger partial charge in [0.25, 0.3) is 5.91 Å². The maximum absolute atomic E-state index is 12.9. The van der Waals surface area contributed by atoms with E-state index in [0.29, 0.717) is 17.5 Å². The third-order valence-corrected chi connectivity index (χ3v) is 7.71. The van der Waals surface area contributed by atoms with Crippen LogP contribution >= 0.6 is 0 Å². The first kappa shape index (κ1) is 24.0. The van der Waals surface area contributed by atoms with E-state index in [1.165, 1.54) is 6.92 Å². The van der Waals surface area contributed by atoms with E-state index in [-0.39, 0.29) is 25.9 Å². The highest BCUT2D eigenvalue weighted by Crippen LogP contribution is 2.32. The number of piperidine rings is 1. The number of hydrogen-bond donors (Lipinski definition) is 2. The summed E-state index contributed by atoms with van der Waals surface area (Å²) in [7, 11) is -4.18. The first-order chi connectivity index (χ1) is 14.8. The van der Waals surface area contributed by atoms with Gasteiger partial charge >= 0.3 is 12.2 Å². The molecule has 0 aromatic heterocycles. The van der Waals surface area contributed by atoms with Crippen molar-refractivity contribution >= 4 is 27.9 Å². The second-order valence-corrected chi connectivity index (χ2v) is 9.87. The summed E-state index contributed by atoms with van der Waals surface area (Å²) in [6.07, 6.45) is -4.18. The maximum atomic E-state index is 12.9. The van der Waals surface area contributed by atoms with Crippen LogP contribution in [0.1, 0.15) is 38.7 Å². The van der Waals surface area contributed by atoms with Gasteiger partial charge in [-0.1, -0.05) is 13.0 Å². The van der Waals surface area contributed by atoms with Crippen LogP contribution in [0.4, 0.5) is 18.0 Å². The molecule has 2 N–H and O–H groups in total. The van der Waals surface area contributed by atoms with Gasteiger partial charge in [0.15, 0.2) is 0 Å². The highest BCUT2D eigenvalue weighted by molar-refractivity contribution is 7.89. The van der Waals surface area contributed by atoms with Crippen LogP contribution in [0.25, 0.3) is 0 Å². The Hall–Kier alpha value is -2.67. The van der Waals surface area contributed by atoms with Gasteiger partial charge in [0.1, 0.15) is 5.54 Å². The molecule has 3 rings (SSSR count). The lowest BCUT2D eigenvalue weighted by Gasteiger charge is -2.31. The van der Waals surface area contributed by atoms with Gasteiger partial charge in [-0.05, 0) is 44.4 Å². The number of rotatable bonds is 5. The van der Waals surface area contributed by atoms with Crippen molar-refractivity contribution in [2.24, 2.45) is 5.92 Å². The maximum Gasteiger partial charge on any atom is 0.416 e. The molecule has 1 atom stereocenters. The minimum atomic E-state index is -4.68. The van der Waals surface area contributed by atoms with E-state index in [1.807, 2.05) is 0 Å². The second kappa shape index (κ2) is 8.35. The van der Waals surface area contributed by atoms with Gasteiger partial charge in [-0.3, -0.25) is 15.0 Å². The molecule has 0 unspecified atom stereocenters. The highest BCUT2D eigenvalue weighted by Gasteiger charge is 2.48. The van der Waals surface area contributed by atoms with Gasteiger partial charge in [0, 0.05) is 19.0 Å². The van der Waals surface area contributed by atoms with Crippen LogP contribution < -0.4 is 10.7 Å². The summed E-state index contributed by atoms with van der Waals surface area (Å²) in [6.45, 7) is 3.06. The minimum absolute atomic E-state index is 0.0821. The van der Waals surface area contributed by atoms with E-state index in [1.54, 1.807) is 6.92 Å². The number of carbonyl (C=O) groups is 3. The Bertz CT molecular complexity index is 1040. The SMILES string of the molecule is CC[C@]1(C)NC(=O)N(NC(=O)C2CCN(S(=O)(=O)c3cccc(C(F)(F)F)c3)CC2)C1=O. The summed E-state index contributed by atoms with van der Waals surface area (Å²) in [5.41, 5.74) is 0.0995. The molecule has 32 heavy (non-hydrogen) atoms. The molecule has 0 spiro atoms. The zero-order chi connectivity index (χ0) is 23.9. The minimum Gasteiger partial charge on any atom is -0.322 e. The predicted molar refractivity (Wildman–Crippen MR) is 105 cm³/mol. The first-order valence-electron chi connectivity index (χ1n) is 9.94. The van der Waals surface area contributed by atoms with Crippen molar-refractivity contribution in [1.29, 1.82) is 0 Å². The molecule has 176 valence electrons. The lowest BCUT2D eigenvalue weighted by Crippen LogP contribution is -2.51. The van der Waals surface area contributed by atoms with Crippen LogP contribution in [0.5, 0.6) is 0 Å². The molecule has 2 heterocycles. The highest BCUT2D eigenvalue weighted by atomic mass is 32.2. The van der Waals surface area contributed by atoms with Crippen LogP contribution in [0, 0.1) is 5.92 Å². The Kier molecular flexibility index (Phi) is 6.26. The summed E-state index contributed by atoms with van der Waals surface area (Å²) in [5, 5.41) is 3.13. The number of urea groups is 1. The van der Waals surface area contributed by atoms with Crippen molar-refractivity contribution in [2.45, 2.75) is 49.7 Å². The molecule has 4 amide bonds. The number of nitrogens with one attached hydrogen (secondary N) is 2. The largest absolute Gasteiger partial charge is 0.416 e. The smallest absolute Gasteiger partial charge is 0.322 e. The third kappa shape index (κ3) is 4.44. The molecular formula is C19H23F3N4O5S. The monoisotopic (exact) mass is 476 g/mol. The van der Waals surface area contributed by atoms with E-state index in [9.17, 15) is 36.0 Å². The summed E-state index contributed by atoms with van der Waals surface area (Å²) >= 11 is 0. The van der Waals surface area contributed by atoms with E-state index in [0.717, 1.165) is 22.5 Å². The number of imide groups is 1. The van der Waals surface area contributed by atoms with Crippen molar-refractivity contribution < 1.29 is 36.0 Å². The number of alkyl halides is 3. The predicted octanol–water partition coefficient (Wildman–Crippen LogP) is 1.86. The summed E-state index contributed by atoms with van der Waals surface area (Å²) < 4.78 is 65.3. The summed E-state index contributed by atoms with van der Waals surface area (Å²) in [6, 6.07) is 2.73. The lowest BCUT2D eigenvalue weighted by atomic mass is 9.97.